The third-order valence-corrected chi connectivity index (χ3v) is 6.96. The zero-order valence-corrected chi connectivity index (χ0v) is 17.3. The molecule has 3 aromatic rings. The van der Waals surface area contributed by atoms with Crippen molar-refractivity contribution in [2.75, 3.05) is 0 Å². The number of benzene rings is 3. The van der Waals surface area contributed by atoms with Gasteiger partial charge in [0, 0.05) is 0 Å². The molecule has 28 heavy (non-hydrogen) atoms. The lowest BCUT2D eigenvalue weighted by Gasteiger charge is -2.14. The number of sulfonamides is 1. The number of fused-ring (bicyclic) bond motifs is 1. The Labute approximate surface area is 174 Å². The van der Waals surface area contributed by atoms with Gasteiger partial charge in [0.15, 0.2) is 0 Å². The molecule has 0 spiro atoms. The highest BCUT2D eigenvalue weighted by molar-refractivity contribution is 7.89. The SMILES string of the molecule is Cc1ccc(S(=O)(=O)N[C@H]2C=C(c3ccc(Cl)c(Cl)c3)c3ccccc32)cc1. The standard InChI is InChI=1S/C22H17Cl2NO2S/c1-14-6-9-16(10-7-14)28(26,27)25-22-13-19(17-4-2-3-5-18(17)22)15-8-11-20(23)21(24)12-15/h2-13,22,25H,1H3/t22-/m0/s1. The first-order valence-corrected chi connectivity index (χ1v) is 10.9. The minimum absolute atomic E-state index is 0.243. The fourth-order valence-corrected chi connectivity index (χ4v) is 4.78. The van der Waals surface area contributed by atoms with Crippen molar-refractivity contribution < 1.29 is 8.42 Å². The predicted octanol–water partition coefficient (Wildman–Crippen LogP) is 5.77. The van der Waals surface area contributed by atoms with Crippen LogP contribution in [0.25, 0.3) is 5.57 Å². The Morgan fingerprint density at radius 3 is 2.32 bits per heavy atom. The van der Waals surface area contributed by atoms with Gasteiger partial charge >= 0.3 is 0 Å². The minimum Gasteiger partial charge on any atom is -0.207 e. The van der Waals surface area contributed by atoms with Gasteiger partial charge in [0.05, 0.1) is 21.0 Å². The van der Waals surface area contributed by atoms with Crippen LogP contribution in [0.1, 0.15) is 28.3 Å². The van der Waals surface area contributed by atoms with E-state index in [1.165, 1.54) is 0 Å². The second-order valence-corrected chi connectivity index (χ2v) is 9.24. The number of hydrogen-bond acceptors (Lipinski definition) is 2. The molecule has 1 N–H and O–H groups in total. The Bertz CT molecular complexity index is 1190. The average molecular weight is 430 g/mol. The van der Waals surface area contributed by atoms with Crippen LogP contribution in [0.3, 0.4) is 0 Å². The van der Waals surface area contributed by atoms with Crippen LogP contribution in [-0.2, 0) is 10.0 Å². The summed E-state index contributed by atoms with van der Waals surface area (Å²) < 4.78 is 28.6. The maximum absolute atomic E-state index is 12.9. The van der Waals surface area contributed by atoms with Gasteiger partial charge < -0.3 is 0 Å². The monoisotopic (exact) mass is 429 g/mol. The molecule has 0 saturated carbocycles. The summed E-state index contributed by atoms with van der Waals surface area (Å²) in [4.78, 5) is 0.243. The van der Waals surface area contributed by atoms with Crippen LogP contribution in [0.15, 0.2) is 77.7 Å². The highest BCUT2D eigenvalue weighted by Crippen LogP contribution is 2.40. The Hall–Kier alpha value is -2.11. The van der Waals surface area contributed by atoms with Crippen molar-refractivity contribution in [3.8, 4) is 0 Å². The molecule has 0 aromatic heterocycles. The second kappa shape index (κ2) is 7.37. The highest BCUT2D eigenvalue weighted by atomic mass is 35.5. The summed E-state index contributed by atoms with van der Waals surface area (Å²) >= 11 is 12.2. The summed E-state index contributed by atoms with van der Waals surface area (Å²) in [5, 5.41) is 0.940. The van der Waals surface area contributed by atoms with Crippen molar-refractivity contribution >= 4 is 38.8 Å². The lowest BCUT2D eigenvalue weighted by atomic mass is 9.99. The molecule has 0 bridgehead atoms. The van der Waals surface area contributed by atoms with E-state index in [2.05, 4.69) is 4.72 Å². The number of nitrogens with one attached hydrogen (secondary N) is 1. The number of rotatable bonds is 4. The maximum atomic E-state index is 12.9. The number of aryl methyl sites for hydroxylation is 1. The molecule has 1 aliphatic rings. The van der Waals surface area contributed by atoms with E-state index in [9.17, 15) is 8.42 Å². The fourth-order valence-electron chi connectivity index (χ4n) is 3.33. The molecule has 0 amide bonds. The quantitative estimate of drug-likeness (QED) is 0.572. The van der Waals surface area contributed by atoms with Gasteiger partial charge in [-0.3, -0.25) is 0 Å². The van der Waals surface area contributed by atoms with Crippen molar-refractivity contribution in [2.45, 2.75) is 17.9 Å². The third-order valence-electron chi connectivity index (χ3n) is 4.76. The van der Waals surface area contributed by atoms with Gasteiger partial charge in [0.25, 0.3) is 0 Å². The molecular formula is C22H17Cl2NO2S. The van der Waals surface area contributed by atoms with Crippen LogP contribution < -0.4 is 4.72 Å². The molecule has 1 aliphatic carbocycles. The zero-order chi connectivity index (χ0) is 19.9. The molecule has 4 rings (SSSR count). The zero-order valence-electron chi connectivity index (χ0n) is 15.0. The van der Waals surface area contributed by atoms with Crippen molar-refractivity contribution in [2.24, 2.45) is 0 Å². The van der Waals surface area contributed by atoms with E-state index in [0.29, 0.717) is 10.0 Å². The molecular weight excluding hydrogens is 413 g/mol. The van der Waals surface area contributed by atoms with Crippen LogP contribution in [0.4, 0.5) is 0 Å². The maximum Gasteiger partial charge on any atom is 0.241 e. The summed E-state index contributed by atoms with van der Waals surface area (Å²) in [5.74, 6) is 0. The van der Waals surface area contributed by atoms with Gasteiger partial charge in [0.2, 0.25) is 10.0 Å². The molecule has 0 radical (unpaired) electrons. The van der Waals surface area contributed by atoms with E-state index in [0.717, 1.165) is 27.8 Å². The van der Waals surface area contributed by atoms with Gasteiger partial charge in [-0.1, -0.05) is 77.3 Å². The summed E-state index contributed by atoms with van der Waals surface area (Å²) in [6.45, 7) is 1.92. The molecule has 1 atom stereocenters. The summed E-state index contributed by atoms with van der Waals surface area (Å²) in [6, 6.07) is 19.5. The molecule has 6 heteroatoms. The first-order chi connectivity index (χ1) is 13.3. The van der Waals surface area contributed by atoms with Crippen molar-refractivity contribution in [1.29, 1.82) is 0 Å². The Balaban J connectivity index is 1.74. The fraction of sp³-hybridized carbons (Fsp3) is 0.0909. The van der Waals surface area contributed by atoms with E-state index in [1.807, 2.05) is 43.3 Å². The van der Waals surface area contributed by atoms with E-state index in [4.69, 9.17) is 23.2 Å². The normalized spacial score (nSPS) is 16.0. The molecule has 3 nitrogen and oxygen atoms in total. The van der Waals surface area contributed by atoms with Crippen molar-refractivity contribution in [3.63, 3.8) is 0 Å². The van der Waals surface area contributed by atoms with Gasteiger partial charge in [-0.05, 0) is 53.5 Å². The lowest BCUT2D eigenvalue weighted by molar-refractivity contribution is 0.575. The lowest BCUT2D eigenvalue weighted by Crippen LogP contribution is -2.26. The minimum atomic E-state index is -3.67. The van der Waals surface area contributed by atoms with Gasteiger partial charge in [-0.25, -0.2) is 8.42 Å². The molecule has 3 aromatic carbocycles. The summed E-state index contributed by atoms with van der Waals surface area (Å²) in [6.07, 6.45) is 1.91. The number of halogens is 2. The molecule has 0 saturated heterocycles. The smallest absolute Gasteiger partial charge is 0.207 e. The average Bonchev–Trinajstić information content (AvgIpc) is 3.02. The topological polar surface area (TPSA) is 46.2 Å². The van der Waals surface area contributed by atoms with E-state index in [1.54, 1.807) is 36.4 Å². The highest BCUT2D eigenvalue weighted by Gasteiger charge is 2.28. The van der Waals surface area contributed by atoms with Crippen LogP contribution in [0, 0.1) is 6.92 Å². The molecule has 0 fully saturated rings. The van der Waals surface area contributed by atoms with Crippen LogP contribution >= 0.6 is 23.2 Å². The van der Waals surface area contributed by atoms with E-state index < -0.39 is 16.1 Å². The van der Waals surface area contributed by atoms with Gasteiger partial charge in [-0.2, -0.15) is 4.72 Å². The Morgan fingerprint density at radius 2 is 1.61 bits per heavy atom. The van der Waals surface area contributed by atoms with E-state index >= 15 is 0 Å². The van der Waals surface area contributed by atoms with E-state index in [-0.39, 0.29) is 4.90 Å². The predicted molar refractivity (Wildman–Crippen MR) is 114 cm³/mol. The second-order valence-electron chi connectivity index (χ2n) is 6.71. The first kappa shape index (κ1) is 19.2. The molecule has 0 aliphatic heterocycles. The summed E-state index contributed by atoms with van der Waals surface area (Å²) in [5.41, 5.74) is 4.69. The first-order valence-electron chi connectivity index (χ1n) is 8.71. The Morgan fingerprint density at radius 1 is 0.893 bits per heavy atom. The van der Waals surface area contributed by atoms with Crippen molar-refractivity contribution in [3.05, 3.63) is 105 Å². The number of hydrogen-bond donors (Lipinski definition) is 1. The summed E-state index contributed by atoms with van der Waals surface area (Å²) in [7, 11) is -3.67. The van der Waals surface area contributed by atoms with Crippen LogP contribution in [0.5, 0.6) is 0 Å². The van der Waals surface area contributed by atoms with Gasteiger partial charge in [0.1, 0.15) is 0 Å². The van der Waals surface area contributed by atoms with Crippen LogP contribution in [0.2, 0.25) is 10.0 Å². The third kappa shape index (κ3) is 3.61. The molecule has 0 unspecified atom stereocenters. The molecule has 0 heterocycles. The molecule has 142 valence electrons. The Kier molecular flexibility index (Phi) is 5.06. The van der Waals surface area contributed by atoms with Crippen LogP contribution in [-0.4, -0.2) is 8.42 Å². The van der Waals surface area contributed by atoms with Gasteiger partial charge in [-0.15, -0.1) is 0 Å². The van der Waals surface area contributed by atoms with Crippen molar-refractivity contribution in [1.82, 2.24) is 4.72 Å². The largest absolute Gasteiger partial charge is 0.241 e.